The average Bonchev–Trinajstić information content (AvgIpc) is 3.82. The Kier molecular flexibility index (Phi) is 4.12. The molecule has 0 saturated heterocycles. The minimum atomic E-state index is -0.483. The van der Waals surface area contributed by atoms with Gasteiger partial charge in [-0.15, -0.1) is 0 Å². The Labute approximate surface area is 291 Å². The molecular formula is C46H28O2. The van der Waals surface area contributed by atoms with E-state index >= 15 is 0 Å². The molecule has 224 valence electrons. The molecule has 2 heteroatoms. The van der Waals surface area contributed by atoms with Crippen LogP contribution in [-0.4, -0.2) is 0 Å². The van der Waals surface area contributed by atoms with E-state index in [9.17, 15) is 0 Å². The fraction of sp³-hybridized carbons (Fsp3) is 0. The molecule has 0 aliphatic carbocycles. The van der Waals surface area contributed by atoms with Gasteiger partial charge in [0, 0.05) is 32.8 Å². The molecule has 0 saturated carbocycles. The Hall–Kier alpha value is -6.38. The molecular weight excluding hydrogens is 585 g/mol. The molecule has 0 bridgehead atoms. The number of hydrogen-bond donors (Lipinski definition) is 0. The molecule has 10 rings (SSSR count). The summed E-state index contributed by atoms with van der Waals surface area (Å²) in [6.45, 7) is 0. The molecule has 0 fully saturated rings. The zero-order valence-corrected chi connectivity index (χ0v) is 25.2. The van der Waals surface area contributed by atoms with Gasteiger partial charge in [0.1, 0.15) is 22.5 Å². The molecule has 0 unspecified atom stereocenters. The second-order valence-electron chi connectivity index (χ2n) is 11.6. The maximum Gasteiger partial charge on any atom is 0.144 e. The number of hydrogen-bond acceptors (Lipinski definition) is 2. The minimum absolute atomic E-state index is 0.0516. The van der Waals surface area contributed by atoms with E-state index in [1.165, 1.54) is 0 Å². The van der Waals surface area contributed by atoms with Crippen LogP contribution in [0, 0.1) is 0 Å². The lowest BCUT2D eigenvalue weighted by Gasteiger charge is -2.18. The molecule has 10 aromatic rings. The zero-order chi connectivity index (χ0) is 40.3. The van der Waals surface area contributed by atoms with Gasteiger partial charge in [0.05, 0.1) is 13.7 Å². The van der Waals surface area contributed by atoms with E-state index in [4.69, 9.17) is 22.5 Å². The first-order chi connectivity index (χ1) is 28.0. The molecule has 0 aliphatic rings. The molecule has 8 aromatic carbocycles. The standard InChI is InChI=1S/C46H28O2/c1-3-14-29(15-4-1)31-26-27-40-38(28-31)45(46(48-40)37-23-13-25-41-43(37)36-22-11-12-24-39(36)47-41)44-34-20-9-7-18-32(34)42(30-16-5-2-6-17-30)33-19-8-10-21-35(33)44/h1-28H/i1D,2D,3D,4D,5D,6D,14D,15D,16D,17D. The molecule has 2 aromatic heterocycles. The normalized spacial score (nSPS) is 14.7. The molecule has 0 N–H and O–H groups in total. The zero-order valence-electron chi connectivity index (χ0n) is 35.2. The van der Waals surface area contributed by atoms with Gasteiger partial charge in [-0.25, -0.2) is 0 Å². The third-order valence-corrected chi connectivity index (χ3v) is 9.06. The van der Waals surface area contributed by atoms with Crippen molar-refractivity contribution in [2.75, 3.05) is 0 Å². The lowest BCUT2D eigenvalue weighted by molar-refractivity contribution is 0.633. The second kappa shape index (κ2) is 10.6. The van der Waals surface area contributed by atoms with Crippen LogP contribution in [0.3, 0.4) is 0 Å². The van der Waals surface area contributed by atoms with E-state index in [0.717, 1.165) is 21.9 Å². The Bertz CT molecular complexity index is 3300. The predicted molar refractivity (Wildman–Crippen MR) is 200 cm³/mol. The van der Waals surface area contributed by atoms with E-state index < -0.39 is 36.3 Å². The summed E-state index contributed by atoms with van der Waals surface area (Å²) in [7, 11) is 0. The highest BCUT2D eigenvalue weighted by Gasteiger charge is 2.26. The molecule has 0 spiro atoms. The minimum Gasteiger partial charge on any atom is -0.456 e. The van der Waals surface area contributed by atoms with Gasteiger partial charge in [-0.05, 0) is 68.1 Å². The van der Waals surface area contributed by atoms with Crippen LogP contribution in [0.4, 0.5) is 0 Å². The first-order valence-electron chi connectivity index (χ1n) is 20.5. The lowest BCUT2D eigenvalue weighted by atomic mass is 9.84. The number of para-hydroxylation sites is 1. The second-order valence-corrected chi connectivity index (χ2v) is 11.6. The van der Waals surface area contributed by atoms with Crippen molar-refractivity contribution >= 4 is 54.5 Å². The maximum atomic E-state index is 9.02. The van der Waals surface area contributed by atoms with Crippen molar-refractivity contribution in [1.29, 1.82) is 0 Å². The summed E-state index contributed by atoms with van der Waals surface area (Å²) in [5.41, 5.74) is 4.98. The number of rotatable bonds is 4. The highest BCUT2D eigenvalue weighted by atomic mass is 16.3. The Morgan fingerprint density at radius 3 is 1.62 bits per heavy atom. The Morgan fingerprint density at radius 2 is 0.938 bits per heavy atom. The first-order valence-corrected chi connectivity index (χ1v) is 15.5. The number of fused-ring (bicyclic) bond motifs is 6. The van der Waals surface area contributed by atoms with Gasteiger partial charge in [0.15, 0.2) is 0 Å². The molecule has 0 aliphatic heterocycles. The van der Waals surface area contributed by atoms with Crippen LogP contribution in [0.25, 0.3) is 99.2 Å². The van der Waals surface area contributed by atoms with E-state index in [2.05, 4.69) is 0 Å². The molecule has 0 amide bonds. The summed E-state index contributed by atoms with van der Waals surface area (Å²) >= 11 is 0. The summed E-state index contributed by atoms with van der Waals surface area (Å²) in [4.78, 5) is 0. The van der Waals surface area contributed by atoms with Crippen molar-refractivity contribution in [3.05, 3.63) is 170 Å². The van der Waals surface area contributed by atoms with Gasteiger partial charge in [-0.3, -0.25) is 0 Å². The largest absolute Gasteiger partial charge is 0.456 e. The summed E-state index contributed by atoms with van der Waals surface area (Å²) < 4.78 is 99.3. The van der Waals surface area contributed by atoms with Crippen LogP contribution < -0.4 is 0 Å². The fourth-order valence-electron chi connectivity index (χ4n) is 7.09. The first kappa shape index (κ1) is 18.7. The lowest BCUT2D eigenvalue weighted by Crippen LogP contribution is -1.92. The van der Waals surface area contributed by atoms with Crippen molar-refractivity contribution in [1.82, 2.24) is 0 Å². The highest BCUT2D eigenvalue weighted by Crippen LogP contribution is 2.51. The smallest absolute Gasteiger partial charge is 0.144 e. The third-order valence-electron chi connectivity index (χ3n) is 9.06. The van der Waals surface area contributed by atoms with E-state index in [0.29, 0.717) is 66.1 Å². The summed E-state index contributed by atoms with van der Waals surface area (Å²) in [5, 5.41) is 5.02. The highest BCUT2D eigenvalue weighted by molar-refractivity contribution is 6.26. The molecule has 0 atom stereocenters. The van der Waals surface area contributed by atoms with Crippen LogP contribution in [-0.2, 0) is 0 Å². The summed E-state index contributed by atoms with van der Waals surface area (Å²) in [6.07, 6.45) is 0. The van der Waals surface area contributed by atoms with Crippen molar-refractivity contribution in [3.8, 4) is 44.7 Å². The fourth-order valence-corrected chi connectivity index (χ4v) is 7.09. The van der Waals surface area contributed by atoms with Crippen LogP contribution >= 0.6 is 0 Å². The van der Waals surface area contributed by atoms with Crippen molar-refractivity contribution < 1.29 is 22.5 Å². The quantitative estimate of drug-likeness (QED) is 0.183. The molecule has 0 radical (unpaired) electrons. The van der Waals surface area contributed by atoms with Crippen LogP contribution in [0.15, 0.2) is 178 Å². The summed E-state index contributed by atoms with van der Waals surface area (Å²) in [6, 6.07) is 29.9. The van der Waals surface area contributed by atoms with Crippen molar-refractivity contribution in [3.63, 3.8) is 0 Å². The molecule has 2 nitrogen and oxygen atoms in total. The monoisotopic (exact) mass is 622 g/mol. The maximum absolute atomic E-state index is 9.02. The van der Waals surface area contributed by atoms with Crippen LogP contribution in [0.5, 0.6) is 0 Å². The number of benzene rings is 8. The number of furan rings is 2. The van der Waals surface area contributed by atoms with Gasteiger partial charge in [-0.1, -0.05) is 145 Å². The molecule has 2 heterocycles. The molecule has 48 heavy (non-hydrogen) atoms. The van der Waals surface area contributed by atoms with E-state index in [1.54, 1.807) is 18.2 Å². The topological polar surface area (TPSA) is 26.3 Å². The van der Waals surface area contributed by atoms with E-state index in [1.807, 2.05) is 91.0 Å². The predicted octanol–water partition coefficient (Wildman–Crippen LogP) is 13.3. The van der Waals surface area contributed by atoms with Crippen LogP contribution in [0.1, 0.15) is 13.7 Å². The van der Waals surface area contributed by atoms with Gasteiger partial charge in [0.25, 0.3) is 0 Å². The van der Waals surface area contributed by atoms with Crippen molar-refractivity contribution in [2.45, 2.75) is 0 Å². The third kappa shape index (κ3) is 4.00. The van der Waals surface area contributed by atoms with Crippen molar-refractivity contribution in [2.24, 2.45) is 0 Å². The van der Waals surface area contributed by atoms with Gasteiger partial charge >= 0.3 is 0 Å². The summed E-state index contributed by atoms with van der Waals surface area (Å²) in [5.74, 6) is 0.497. The average molecular weight is 623 g/mol. The Balaban J connectivity index is 1.40. The van der Waals surface area contributed by atoms with Gasteiger partial charge < -0.3 is 8.83 Å². The van der Waals surface area contributed by atoms with Crippen LogP contribution in [0.2, 0.25) is 0 Å². The van der Waals surface area contributed by atoms with Gasteiger partial charge in [0.2, 0.25) is 0 Å². The Morgan fingerprint density at radius 1 is 0.375 bits per heavy atom. The van der Waals surface area contributed by atoms with E-state index in [-0.39, 0.29) is 35.3 Å². The van der Waals surface area contributed by atoms with Gasteiger partial charge in [-0.2, -0.15) is 0 Å². The SMILES string of the molecule is [2H]c1c([2H])c([2H])c(-c2ccc3oc(-c4cccc5oc6ccccc6c45)c(-c4c5ccccc5c(-c5c([2H])c([2H])c([2H])c([2H])c5[2H])c5ccccc45)c3c2)c([2H])c1[2H].